The molecule has 0 unspecified atom stereocenters. The van der Waals surface area contributed by atoms with Crippen molar-refractivity contribution in [2.24, 2.45) is 0 Å². The molecule has 1 aromatic rings. The maximum Gasteiger partial charge on any atom is 0.0642 e. The summed E-state index contributed by atoms with van der Waals surface area (Å²) in [7, 11) is 0. The molecule has 0 heterocycles. The summed E-state index contributed by atoms with van der Waals surface area (Å²) < 4.78 is 0. The van der Waals surface area contributed by atoms with Gasteiger partial charge in [0.15, 0.2) is 0 Å². The van der Waals surface area contributed by atoms with Crippen LogP contribution in [-0.4, -0.2) is 6.04 Å². The van der Waals surface area contributed by atoms with Crippen LogP contribution in [0.3, 0.4) is 0 Å². The highest BCUT2D eigenvalue weighted by atomic mass is 35.5. The van der Waals surface area contributed by atoms with Gasteiger partial charge in [0.05, 0.1) is 10.7 Å². The van der Waals surface area contributed by atoms with Crippen LogP contribution in [0.2, 0.25) is 5.02 Å². The van der Waals surface area contributed by atoms with Gasteiger partial charge in [-0.05, 0) is 44.9 Å². The SMILES string of the molecule is Cc1cc(C)c(NC(C)C)c(Cl)c1. The number of nitrogens with one attached hydrogen (secondary N) is 1. The molecule has 72 valence electrons. The van der Waals surface area contributed by atoms with E-state index in [0.717, 1.165) is 10.7 Å². The zero-order valence-corrected chi connectivity index (χ0v) is 9.37. The standard InChI is InChI=1S/C11H16ClN/c1-7(2)13-11-9(4)5-8(3)6-10(11)12/h5-7,13H,1-4H3. The highest BCUT2D eigenvalue weighted by molar-refractivity contribution is 6.33. The Kier molecular flexibility index (Phi) is 3.21. The summed E-state index contributed by atoms with van der Waals surface area (Å²) in [5.74, 6) is 0. The number of halogens is 1. The van der Waals surface area contributed by atoms with E-state index in [0.29, 0.717) is 6.04 Å². The van der Waals surface area contributed by atoms with E-state index >= 15 is 0 Å². The number of hydrogen-bond donors (Lipinski definition) is 1. The van der Waals surface area contributed by atoms with Crippen LogP contribution < -0.4 is 5.32 Å². The summed E-state index contributed by atoms with van der Waals surface area (Å²) in [5.41, 5.74) is 3.47. The Morgan fingerprint density at radius 1 is 1.23 bits per heavy atom. The van der Waals surface area contributed by atoms with Crippen LogP contribution in [0.4, 0.5) is 5.69 Å². The molecular formula is C11H16ClN. The normalized spacial score (nSPS) is 10.6. The lowest BCUT2D eigenvalue weighted by Crippen LogP contribution is -2.11. The maximum absolute atomic E-state index is 6.12. The van der Waals surface area contributed by atoms with Crippen molar-refractivity contribution in [1.82, 2.24) is 0 Å². The van der Waals surface area contributed by atoms with Gasteiger partial charge in [-0.15, -0.1) is 0 Å². The van der Waals surface area contributed by atoms with Crippen molar-refractivity contribution in [2.75, 3.05) is 5.32 Å². The number of benzene rings is 1. The lowest BCUT2D eigenvalue weighted by Gasteiger charge is -2.15. The van der Waals surface area contributed by atoms with E-state index in [1.54, 1.807) is 0 Å². The number of rotatable bonds is 2. The first-order valence-electron chi connectivity index (χ1n) is 4.54. The third kappa shape index (κ3) is 2.63. The van der Waals surface area contributed by atoms with E-state index < -0.39 is 0 Å². The Labute approximate surface area is 85.1 Å². The first-order chi connectivity index (χ1) is 6.00. The van der Waals surface area contributed by atoms with Gasteiger partial charge in [0.2, 0.25) is 0 Å². The van der Waals surface area contributed by atoms with Crippen molar-refractivity contribution < 1.29 is 0 Å². The first kappa shape index (κ1) is 10.4. The molecule has 2 heteroatoms. The quantitative estimate of drug-likeness (QED) is 0.761. The molecule has 0 saturated heterocycles. The van der Waals surface area contributed by atoms with E-state index in [2.05, 4.69) is 39.1 Å². The molecule has 0 spiro atoms. The third-order valence-electron chi connectivity index (χ3n) is 1.86. The zero-order valence-electron chi connectivity index (χ0n) is 8.61. The van der Waals surface area contributed by atoms with Gasteiger partial charge in [-0.3, -0.25) is 0 Å². The van der Waals surface area contributed by atoms with Crippen LogP contribution in [0, 0.1) is 13.8 Å². The van der Waals surface area contributed by atoms with E-state index in [-0.39, 0.29) is 0 Å². The van der Waals surface area contributed by atoms with Gasteiger partial charge < -0.3 is 5.32 Å². The smallest absolute Gasteiger partial charge is 0.0642 e. The van der Waals surface area contributed by atoms with E-state index in [9.17, 15) is 0 Å². The van der Waals surface area contributed by atoms with Gasteiger partial charge in [-0.1, -0.05) is 17.7 Å². The number of aryl methyl sites for hydroxylation is 2. The van der Waals surface area contributed by atoms with Crippen LogP contribution in [0.25, 0.3) is 0 Å². The van der Waals surface area contributed by atoms with Gasteiger partial charge in [-0.25, -0.2) is 0 Å². The topological polar surface area (TPSA) is 12.0 Å². The second kappa shape index (κ2) is 4.01. The monoisotopic (exact) mass is 197 g/mol. The Bertz CT molecular complexity index is 282. The van der Waals surface area contributed by atoms with Crippen LogP contribution in [0.5, 0.6) is 0 Å². The summed E-state index contributed by atoms with van der Waals surface area (Å²) >= 11 is 6.12. The largest absolute Gasteiger partial charge is 0.381 e. The van der Waals surface area contributed by atoms with E-state index in [1.165, 1.54) is 11.1 Å². The summed E-state index contributed by atoms with van der Waals surface area (Å²) in [5, 5.41) is 4.15. The van der Waals surface area contributed by atoms with E-state index in [1.807, 2.05) is 6.07 Å². The molecular weight excluding hydrogens is 182 g/mol. The Hall–Kier alpha value is -0.690. The predicted molar refractivity (Wildman–Crippen MR) is 59.7 cm³/mol. The molecule has 13 heavy (non-hydrogen) atoms. The third-order valence-corrected chi connectivity index (χ3v) is 2.16. The Morgan fingerprint density at radius 3 is 2.31 bits per heavy atom. The second-order valence-electron chi connectivity index (χ2n) is 3.74. The fourth-order valence-corrected chi connectivity index (χ4v) is 1.76. The molecule has 0 saturated carbocycles. The summed E-state index contributed by atoms with van der Waals surface area (Å²) in [4.78, 5) is 0. The molecule has 0 radical (unpaired) electrons. The fourth-order valence-electron chi connectivity index (χ4n) is 1.39. The molecule has 0 amide bonds. The second-order valence-corrected chi connectivity index (χ2v) is 4.14. The van der Waals surface area contributed by atoms with Gasteiger partial charge >= 0.3 is 0 Å². The van der Waals surface area contributed by atoms with Crippen LogP contribution >= 0.6 is 11.6 Å². The molecule has 0 aliphatic carbocycles. The molecule has 0 aliphatic rings. The Morgan fingerprint density at radius 2 is 1.85 bits per heavy atom. The van der Waals surface area contributed by atoms with Crippen LogP contribution in [0.15, 0.2) is 12.1 Å². The molecule has 1 nitrogen and oxygen atoms in total. The summed E-state index contributed by atoms with van der Waals surface area (Å²) in [6.45, 7) is 8.34. The molecule has 0 atom stereocenters. The number of hydrogen-bond acceptors (Lipinski definition) is 1. The zero-order chi connectivity index (χ0) is 10.0. The van der Waals surface area contributed by atoms with Crippen molar-refractivity contribution in [3.05, 3.63) is 28.3 Å². The predicted octanol–water partition coefficient (Wildman–Crippen LogP) is 3.78. The molecule has 1 N–H and O–H groups in total. The molecule has 0 aliphatic heterocycles. The lowest BCUT2D eigenvalue weighted by molar-refractivity contribution is 0.897. The first-order valence-corrected chi connectivity index (χ1v) is 4.92. The minimum atomic E-state index is 0.416. The highest BCUT2D eigenvalue weighted by Gasteiger charge is 2.05. The average Bonchev–Trinajstić information content (AvgIpc) is 1.96. The van der Waals surface area contributed by atoms with Gasteiger partial charge in [0.1, 0.15) is 0 Å². The maximum atomic E-state index is 6.12. The van der Waals surface area contributed by atoms with Crippen LogP contribution in [-0.2, 0) is 0 Å². The van der Waals surface area contributed by atoms with Crippen molar-refractivity contribution in [2.45, 2.75) is 33.7 Å². The summed E-state index contributed by atoms with van der Waals surface area (Å²) in [6.07, 6.45) is 0. The average molecular weight is 198 g/mol. The minimum Gasteiger partial charge on any atom is -0.381 e. The molecule has 0 fully saturated rings. The van der Waals surface area contributed by atoms with E-state index in [4.69, 9.17) is 11.6 Å². The van der Waals surface area contributed by atoms with Gasteiger partial charge in [0, 0.05) is 6.04 Å². The summed E-state index contributed by atoms with van der Waals surface area (Å²) in [6, 6.07) is 4.54. The molecule has 0 aromatic heterocycles. The lowest BCUT2D eigenvalue weighted by atomic mass is 10.1. The minimum absolute atomic E-state index is 0.416. The highest BCUT2D eigenvalue weighted by Crippen LogP contribution is 2.27. The van der Waals surface area contributed by atoms with Crippen molar-refractivity contribution in [3.8, 4) is 0 Å². The molecule has 1 rings (SSSR count). The fraction of sp³-hybridized carbons (Fsp3) is 0.455. The van der Waals surface area contributed by atoms with Crippen molar-refractivity contribution in [1.29, 1.82) is 0 Å². The van der Waals surface area contributed by atoms with Crippen molar-refractivity contribution >= 4 is 17.3 Å². The van der Waals surface area contributed by atoms with Crippen LogP contribution in [0.1, 0.15) is 25.0 Å². The van der Waals surface area contributed by atoms with Gasteiger partial charge in [-0.2, -0.15) is 0 Å². The Balaban J connectivity index is 3.06. The molecule has 1 aromatic carbocycles. The van der Waals surface area contributed by atoms with Gasteiger partial charge in [0.25, 0.3) is 0 Å². The van der Waals surface area contributed by atoms with Crippen molar-refractivity contribution in [3.63, 3.8) is 0 Å². The molecule has 0 bridgehead atoms. The number of anilines is 1.